The molecule has 2 aliphatic rings. The number of hydrogen-bond donors (Lipinski definition) is 3. The number of aromatic nitrogens is 1. The highest BCUT2D eigenvalue weighted by Gasteiger charge is 2.53. The van der Waals surface area contributed by atoms with E-state index in [1.54, 1.807) is 18.4 Å². The minimum absolute atomic E-state index is 0.00172. The lowest BCUT2D eigenvalue weighted by molar-refractivity contribution is -0.135. The predicted molar refractivity (Wildman–Crippen MR) is 128 cm³/mol. The molecule has 1 aromatic carbocycles. The molecule has 0 radical (unpaired) electrons. The van der Waals surface area contributed by atoms with Crippen molar-refractivity contribution in [1.29, 1.82) is 0 Å². The molecular weight excluding hydrogens is 422 g/mol. The van der Waals surface area contributed by atoms with Crippen LogP contribution in [0, 0.1) is 23.2 Å². The first-order valence-electron chi connectivity index (χ1n) is 11.6. The van der Waals surface area contributed by atoms with E-state index in [9.17, 15) is 9.90 Å². The van der Waals surface area contributed by atoms with Crippen LogP contribution in [-0.4, -0.2) is 42.4 Å². The summed E-state index contributed by atoms with van der Waals surface area (Å²) < 4.78 is 5.03. The molecule has 4 rings (SSSR count). The zero-order valence-corrected chi connectivity index (χ0v) is 20.2. The molecule has 7 heteroatoms. The molecule has 1 fully saturated rings. The maximum Gasteiger partial charge on any atom is 0.223 e. The van der Waals surface area contributed by atoms with Crippen molar-refractivity contribution < 1.29 is 14.6 Å². The van der Waals surface area contributed by atoms with Crippen molar-refractivity contribution in [3.05, 3.63) is 40.9 Å². The molecule has 1 heterocycles. The zero-order chi connectivity index (χ0) is 22.9. The highest BCUT2D eigenvalue weighted by Crippen LogP contribution is 2.57. The van der Waals surface area contributed by atoms with Gasteiger partial charge in [-0.3, -0.25) is 4.79 Å². The van der Waals surface area contributed by atoms with Crippen LogP contribution in [0.15, 0.2) is 30.3 Å². The lowest BCUT2D eigenvalue weighted by Crippen LogP contribution is -2.53. The first-order chi connectivity index (χ1) is 15.3. The summed E-state index contributed by atoms with van der Waals surface area (Å²) in [6, 6.07) is 10.1. The van der Waals surface area contributed by atoms with Crippen molar-refractivity contribution in [2.45, 2.75) is 52.1 Å². The van der Waals surface area contributed by atoms with Gasteiger partial charge in [0.2, 0.25) is 5.91 Å². The van der Waals surface area contributed by atoms with Crippen LogP contribution >= 0.6 is 11.3 Å². The average Bonchev–Trinajstić information content (AvgIpc) is 3.16. The third-order valence-electron chi connectivity index (χ3n) is 7.61. The smallest absolute Gasteiger partial charge is 0.223 e. The Morgan fingerprint density at radius 2 is 2.12 bits per heavy atom. The Morgan fingerprint density at radius 1 is 1.38 bits per heavy atom. The van der Waals surface area contributed by atoms with E-state index in [4.69, 9.17) is 9.72 Å². The Balaban J connectivity index is 1.52. The van der Waals surface area contributed by atoms with Crippen LogP contribution < -0.4 is 10.6 Å². The lowest BCUT2D eigenvalue weighted by atomic mass is 9.53. The van der Waals surface area contributed by atoms with Crippen molar-refractivity contribution in [1.82, 2.24) is 10.3 Å². The van der Waals surface area contributed by atoms with E-state index in [0.29, 0.717) is 13.2 Å². The quantitative estimate of drug-likeness (QED) is 0.539. The van der Waals surface area contributed by atoms with Crippen molar-refractivity contribution >= 4 is 28.1 Å². The minimum atomic E-state index is -0.521. The van der Waals surface area contributed by atoms with Crippen LogP contribution in [-0.2, 0) is 16.0 Å². The number of benzene rings is 1. The first kappa shape index (κ1) is 23.2. The number of para-hydroxylation sites is 1. The van der Waals surface area contributed by atoms with Gasteiger partial charge in [0.25, 0.3) is 0 Å². The van der Waals surface area contributed by atoms with Crippen LogP contribution in [0.2, 0.25) is 0 Å². The second kappa shape index (κ2) is 9.49. The number of rotatable bonds is 7. The molecule has 1 aromatic heterocycles. The fourth-order valence-electron chi connectivity index (χ4n) is 5.88. The van der Waals surface area contributed by atoms with Gasteiger partial charge in [-0.25, -0.2) is 4.98 Å². The van der Waals surface area contributed by atoms with E-state index in [1.807, 2.05) is 37.3 Å². The molecule has 6 unspecified atom stereocenters. The SMILES string of the molecule is COCCNC(=O)C(C)C1CCC2(C)Cc3sc(Nc4ccccc4)nc3C(C)C2C1O. The number of aliphatic hydroxyl groups is 1. The van der Waals surface area contributed by atoms with Gasteiger partial charge in [0, 0.05) is 36.1 Å². The fourth-order valence-corrected chi connectivity index (χ4v) is 7.16. The van der Waals surface area contributed by atoms with Crippen molar-refractivity contribution in [3.63, 3.8) is 0 Å². The van der Waals surface area contributed by atoms with E-state index in [0.717, 1.165) is 35.8 Å². The number of nitrogens with zero attached hydrogens (tertiary/aromatic N) is 1. The molecule has 0 spiro atoms. The number of ether oxygens (including phenoxy) is 1. The largest absolute Gasteiger partial charge is 0.392 e. The van der Waals surface area contributed by atoms with Gasteiger partial charge in [-0.1, -0.05) is 39.0 Å². The molecule has 2 aliphatic carbocycles. The van der Waals surface area contributed by atoms with E-state index in [2.05, 4.69) is 24.5 Å². The molecule has 3 N–H and O–H groups in total. The molecule has 6 nitrogen and oxygen atoms in total. The van der Waals surface area contributed by atoms with Crippen LogP contribution in [0.1, 0.15) is 50.1 Å². The van der Waals surface area contributed by atoms with E-state index in [1.165, 1.54) is 4.88 Å². The van der Waals surface area contributed by atoms with Crippen molar-refractivity contribution in [3.8, 4) is 0 Å². The summed E-state index contributed by atoms with van der Waals surface area (Å²) >= 11 is 1.73. The first-order valence-corrected chi connectivity index (χ1v) is 12.4. The molecule has 6 atom stereocenters. The highest BCUT2D eigenvalue weighted by atomic mass is 32.1. The summed E-state index contributed by atoms with van der Waals surface area (Å²) in [4.78, 5) is 18.9. The second-order valence-corrected chi connectivity index (χ2v) is 10.8. The molecule has 2 aromatic rings. The summed E-state index contributed by atoms with van der Waals surface area (Å²) in [6.45, 7) is 7.45. The number of hydrogen-bond acceptors (Lipinski definition) is 6. The monoisotopic (exact) mass is 457 g/mol. The average molecular weight is 458 g/mol. The Labute approximate surface area is 194 Å². The van der Waals surface area contributed by atoms with Gasteiger partial charge >= 0.3 is 0 Å². The molecule has 0 aliphatic heterocycles. The maximum atomic E-state index is 12.7. The number of amides is 1. The number of nitrogens with one attached hydrogen (secondary N) is 2. The Bertz CT molecular complexity index is 934. The van der Waals surface area contributed by atoms with Crippen LogP contribution in [0.4, 0.5) is 10.8 Å². The summed E-state index contributed by atoms with van der Waals surface area (Å²) in [5.41, 5.74) is 2.15. The van der Waals surface area contributed by atoms with Gasteiger partial charge in [0.05, 0.1) is 18.4 Å². The number of aliphatic hydroxyl groups excluding tert-OH is 1. The van der Waals surface area contributed by atoms with Gasteiger partial charge < -0.3 is 20.5 Å². The number of thiazole rings is 1. The topological polar surface area (TPSA) is 83.5 Å². The van der Waals surface area contributed by atoms with Crippen molar-refractivity contribution in [2.75, 3.05) is 25.6 Å². The lowest BCUT2D eigenvalue weighted by Gasteiger charge is -2.53. The van der Waals surface area contributed by atoms with Crippen LogP contribution in [0.3, 0.4) is 0 Å². The Hall–Kier alpha value is -1.96. The summed E-state index contributed by atoms with van der Waals surface area (Å²) in [5.74, 6) is -0.0321. The Kier molecular flexibility index (Phi) is 6.89. The van der Waals surface area contributed by atoms with Gasteiger partial charge in [-0.15, -0.1) is 11.3 Å². The summed E-state index contributed by atoms with van der Waals surface area (Å²) in [5, 5.41) is 18.8. The summed E-state index contributed by atoms with van der Waals surface area (Å²) in [7, 11) is 1.62. The third-order valence-corrected chi connectivity index (χ3v) is 8.59. The molecule has 174 valence electrons. The molecule has 1 saturated carbocycles. The van der Waals surface area contributed by atoms with E-state index < -0.39 is 6.10 Å². The second-order valence-electron chi connectivity index (χ2n) is 9.73. The molecule has 1 amide bonds. The van der Waals surface area contributed by atoms with Gasteiger partial charge in [0.15, 0.2) is 5.13 Å². The number of methoxy groups -OCH3 is 1. The fraction of sp³-hybridized carbons (Fsp3) is 0.600. The van der Waals surface area contributed by atoms with Gasteiger partial charge in [0.1, 0.15) is 0 Å². The normalized spacial score (nSPS) is 30.2. The standard InChI is InChI=1S/C25H35N3O3S/c1-15(23(30)26-12-13-31-4)18-10-11-25(3)14-19-21(16(2)20(25)22(18)29)28-24(32-19)27-17-8-6-5-7-9-17/h5-9,15-16,18,20,22,29H,10-14H2,1-4H3,(H,26,30)(H,27,28). The predicted octanol–water partition coefficient (Wildman–Crippen LogP) is 4.34. The number of carbonyl (C=O) groups excluding carboxylic acids is 1. The van der Waals surface area contributed by atoms with Crippen LogP contribution in [0.25, 0.3) is 0 Å². The van der Waals surface area contributed by atoms with Crippen LogP contribution in [0.5, 0.6) is 0 Å². The molecule has 0 bridgehead atoms. The molecular formula is C25H35N3O3S. The number of anilines is 2. The Morgan fingerprint density at radius 3 is 2.84 bits per heavy atom. The number of carbonyl (C=O) groups is 1. The van der Waals surface area contributed by atoms with E-state index >= 15 is 0 Å². The van der Waals surface area contributed by atoms with Gasteiger partial charge in [-0.05, 0) is 48.6 Å². The molecule has 0 saturated heterocycles. The minimum Gasteiger partial charge on any atom is -0.392 e. The molecule has 32 heavy (non-hydrogen) atoms. The van der Waals surface area contributed by atoms with E-state index in [-0.39, 0.29) is 35.0 Å². The third kappa shape index (κ3) is 4.43. The van der Waals surface area contributed by atoms with Crippen molar-refractivity contribution in [2.24, 2.45) is 23.2 Å². The number of fused-ring (bicyclic) bond motifs is 2. The van der Waals surface area contributed by atoms with Gasteiger partial charge in [-0.2, -0.15) is 0 Å². The maximum absolute atomic E-state index is 12.7. The zero-order valence-electron chi connectivity index (χ0n) is 19.4. The summed E-state index contributed by atoms with van der Waals surface area (Å²) in [6.07, 6.45) is 2.29. The highest BCUT2D eigenvalue weighted by molar-refractivity contribution is 7.15.